The van der Waals surface area contributed by atoms with E-state index in [4.69, 9.17) is 10.5 Å². The molecule has 0 bridgehead atoms. The molecule has 0 unspecified atom stereocenters. The van der Waals surface area contributed by atoms with Crippen molar-refractivity contribution in [3.8, 4) is 0 Å². The van der Waals surface area contributed by atoms with E-state index in [1.54, 1.807) is 24.3 Å². The molecule has 0 spiro atoms. The van der Waals surface area contributed by atoms with Gasteiger partial charge in [0.05, 0.1) is 0 Å². The highest BCUT2D eigenvalue weighted by Crippen LogP contribution is 2.10. The predicted octanol–water partition coefficient (Wildman–Crippen LogP) is 0.457. The molecule has 0 atom stereocenters. The third kappa shape index (κ3) is 15.2. The van der Waals surface area contributed by atoms with Gasteiger partial charge in [-0.25, -0.2) is 0 Å². The van der Waals surface area contributed by atoms with Crippen LogP contribution in [0.1, 0.15) is 57.6 Å². The van der Waals surface area contributed by atoms with Crippen LogP contribution in [0.2, 0.25) is 0 Å². The fraction of sp³-hybridized carbons (Fsp3) is 0.536. The Morgan fingerprint density at radius 1 is 0.795 bits per heavy atom. The summed E-state index contributed by atoms with van der Waals surface area (Å²) in [7, 11) is 1.12. The van der Waals surface area contributed by atoms with Crippen molar-refractivity contribution in [1.82, 2.24) is 9.80 Å². The molecule has 0 aliphatic rings. The molecule has 2 aromatic rings. The second-order valence-electron chi connectivity index (χ2n) is 10.8. The molecule has 0 saturated carbocycles. The number of carbonyl (C=O) groups excluding carboxylic acids is 1. The summed E-state index contributed by atoms with van der Waals surface area (Å²) in [5.41, 5.74) is 7.96. The molecule has 216 valence electrons. The molecule has 6 N–H and O–H groups in total. The van der Waals surface area contributed by atoms with Crippen LogP contribution >= 0.6 is 0 Å². The Morgan fingerprint density at radius 3 is 1.64 bits per heavy atom. The zero-order valence-electron chi connectivity index (χ0n) is 24.2. The number of nitrogens with two attached hydrogens (primary N) is 1. The molecule has 0 fully saturated rings. The van der Waals surface area contributed by atoms with Crippen molar-refractivity contribution in [2.75, 3.05) is 33.7 Å². The van der Waals surface area contributed by atoms with Crippen LogP contribution in [0.5, 0.6) is 0 Å². The summed E-state index contributed by atoms with van der Waals surface area (Å²) in [6.45, 7) is 9.36. The van der Waals surface area contributed by atoms with Crippen LogP contribution in [0.25, 0.3) is 0 Å². The molecule has 0 aromatic heterocycles. The number of nitrogens with zero attached hydrogens (tertiary/aromatic N) is 2. The van der Waals surface area contributed by atoms with Crippen molar-refractivity contribution >= 4 is 31.1 Å². The number of esters is 1. The SMILES string of the molecule is CN(CCCCC(=O)OC(C)(C)C)Cc1ccccc1B(O)O.CN(CCCN)Cc1ccccc1B(O)O. The standard InChI is InChI=1S/C17H28BNO4.C11H19BN2O2/c1-17(2,3)23-16(20)11-7-8-12-19(4)13-14-9-5-6-10-15(14)18(21)22;1-14(8-4-7-13)9-10-5-2-3-6-11(10)12(15)16/h5-6,9-10,21-22H,7-8,11-13H2,1-4H3;2-3,5-6,15-16H,4,7-9,13H2,1H3. The van der Waals surface area contributed by atoms with E-state index in [-0.39, 0.29) is 5.97 Å². The first-order valence-electron chi connectivity index (χ1n) is 13.5. The first-order valence-corrected chi connectivity index (χ1v) is 13.5. The van der Waals surface area contributed by atoms with Crippen LogP contribution in [-0.4, -0.2) is 89.4 Å². The minimum absolute atomic E-state index is 0.158. The first-order chi connectivity index (χ1) is 18.3. The Hall–Kier alpha value is -2.24. The monoisotopic (exact) mass is 543 g/mol. The van der Waals surface area contributed by atoms with Crippen LogP contribution in [-0.2, 0) is 22.6 Å². The van der Waals surface area contributed by atoms with Gasteiger partial charge in [-0.05, 0) is 95.8 Å². The summed E-state index contributed by atoms with van der Waals surface area (Å²) in [4.78, 5) is 15.8. The molecule has 0 aliphatic heterocycles. The van der Waals surface area contributed by atoms with E-state index in [1.165, 1.54) is 0 Å². The van der Waals surface area contributed by atoms with Gasteiger partial charge >= 0.3 is 20.2 Å². The second-order valence-corrected chi connectivity index (χ2v) is 10.8. The number of hydrogen-bond acceptors (Lipinski definition) is 9. The van der Waals surface area contributed by atoms with Gasteiger partial charge in [0.1, 0.15) is 5.60 Å². The van der Waals surface area contributed by atoms with Crippen molar-refractivity contribution in [3.05, 3.63) is 59.7 Å². The fourth-order valence-electron chi connectivity index (χ4n) is 4.00. The number of rotatable bonds is 14. The van der Waals surface area contributed by atoms with Crippen molar-refractivity contribution in [1.29, 1.82) is 0 Å². The van der Waals surface area contributed by atoms with Crippen LogP contribution in [0.3, 0.4) is 0 Å². The Bertz CT molecular complexity index is 972. The number of hydrogen-bond donors (Lipinski definition) is 5. The Labute approximate surface area is 234 Å². The summed E-state index contributed by atoms with van der Waals surface area (Å²) in [6, 6.07) is 14.6. The number of carbonyl (C=O) groups is 1. The van der Waals surface area contributed by atoms with Crippen molar-refractivity contribution < 1.29 is 29.6 Å². The van der Waals surface area contributed by atoms with E-state index in [0.29, 0.717) is 37.0 Å². The summed E-state index contributed by atoms with van der Waals surface area (Å²) in [6.07, 6.45) is 3.04. The van der Waals surface area contributed by atoms with E-state index < -0.39 is 19.8 Å². The Balaban J connectivity index is 0.000000416. The Kier molecular flexibility index (Phi) is 16.2. The normalized spacial score (nSPS) is 11.3. The molecule has 11 heteroatoms. The molecular formula is C28H47B2N3O6. The lowest BCUT2D eigenvalue weighted by molar-refractivity contribution is -0.154. The zero-order chi connectivity index (χ0) is 29.4. The van der Waals surface area contributed by atoms with Gasteiger partial charge < -0.3 is 40.4 Å². The quantitative estimate of drug-likeness (QED) is 0.131. The van der Waals surface area contributed by atoms with Gasteiger partial charge in [0.25, 0.3) is 0 Å². The number of benzene rings is 2. The van der Waals surface area contributed by atoms with Crippen molar-refractivity contribution in [2.24, 2.45) is 5.73 Å². The molecule has 0 aliphatic carbocycles. The molecule has 9 nitrogen and oxygen atoms in total. The maximum absolute atomic E-state index is 11.6. The molecule has 2 aromatic carbocycles. The predicted molar refractivity (Wildman–Crippen MR) is 159 cm³/mol. The topological polar surface area (TPSA) is 140 Å². The van der Waals surface area contributed by atoms with E-state index in [1.807, 2.05) is 59.1 Å². The third-order valence-corrected chi connectivity index (χ3v) is 5.88. The molecule has 0 radical (unpaired) electrons. The van der Waals surface area contributed by atoms with E-state index in [0.717, 1.165) is 43.5 Å². The first kappa shape index (κ1) is 34.8. The highest BCUT2D eigenvalue weighted by molar-refractivity contribution is 6.59. The lowest BCUT2D eigenvalue weighted by Gasteiger charge is -2.20. The molecular weight excluding hydrogens is 496 g/mol. The highest BCUT2D eigenvalue weighted by Gasteiger charge is 2.18. The van der Waals surface area contributed by atoms with Gasteiger partial charge in [-0.3, -0.25) is 4.79 Å². The summed E-state index contributed by atoms with van der Waals surface area (Å²) in [5.74, 6) is -0.158. The van der Waals surface area contributed by atoms with Gasteiger partial charge in [-0.2, -0.15) is 0 Å². The molecule has 0 amide bonds. The Morgan fingerprint density at radius 2 is 1.23 bits per heavy atom. The average Bonchev–Trinajstić information content (AvgIpc) is 2.85. The maximum atomic E-state index is 11.6. The van der Waals surface area contributed by atoms with Gasteiger partial charge in [-0.15, -0.1) is 0 Å². The smallest absolute Gasteiger partial charge is 0.460 e. The van der Waals surface area contributed by atoms with Crippen molar-refractivity contribution in [2.45, 2.75) is 65.1 Å². The lowest BCUT2D eigenvalue weighted by Crippen LogP contribution is -2.35. The number of ether oxygens (including phenoxy) is 1. The molecule has 39 heavy (non-hydrogen) atoms. The van der Waals surface area contributed by atoms with Gasteiger partial charge in [0, 0.05) is 19.5 Å². The largest absolute Gasteiger partial charge is 0.488 e. The number of unbranched alkanes of at least 4 members (excludes halogenated alkanes) is 1. The summed E-state index contributed by atoms with van der Waals surface area (Å²) < 4.78 is 5.27. The fourth-order valence-corrected chi connectivity index (χ4v) is 4.00. The minimum atomic E-state index is -1.45. The van der Waals surface area contributed by atoms with Gasteiger partial charge in [-0.1, -0.05) is 48.5 Å². The minimum Gasteiger partial charge on any atom is -0.460 e. The third-order valence-electron chi connectivity index (χ3n) is 5.88. The van der Waals surface area contributed by atoms with Gasteiger partial charge in [0.15, 0.2) is 0 Å². The average molecular weight is 543 g/mol. The molecule has 2 rings (SSSR count). The van der Waals surface area contributed by atoms with Crippen LogP contribution < -0.4 is 16.7 Å². The molecule has 0 saturated heterocycles. The van der Waals surface area contributed by atoms with E-state index in [9.17, 15) is 24.9 Å². The van der Waals surface area contributed by atoms with Crippen LogP contribution in [0.4, 0.5) is 0 Å². The van der Waals surface area contributed by atoms with E-state index in [2.05, 4.69) is 9.80 Å². The van der Waals surface area contributed by atoms with Crippen LogP contribution in [0, 0.1) is 0 Å². The zero-order valence-corrected chi connectivity index (χ0v) is 24.2. The van der Waals surface area contributed by atoms with Crippen LogP contribution in [0.15, 0.2) is 48.5 Å². The summed E-state index contributed by atoms with van der Waals surface area (Å²) >= 11 is 0. The van der Waals surface area contributed by atoms with E-state index >= 15 is 0 Å². The maximum Gasteiger partial charge on any atom is 0.488 e. The lowest BCUT2D eigenvalue weighted by atomic mass is 9.77. The summed E-state index contributed by atoms with van der Waals surface area (Å²) in [5, 5.41) is 37.2. The van der Waals surface area contributed by atoms with Crippen molar-refractivity contribution in [3.63, 3.8) is 0 Å². The highest BCUT2D eigenvalue weighted by atomic mass is 16.6. The second kappa shape index (κ2) is 18.2. The molecule has 0 heterocycles. The van der Waals surface area contributed by atoms with Gasteiger partial charge in [0.2, 0.25) is 0 Å².